The molecule has 166 valence electrons. The van der Waals surface area contributed by atoms with Gasteiger partial charge in [-0.05, 0) is 56.4 Å². The number of aryl methyl sites for hydroxylation is 1. The van der Waals surface area contributed by atoms with Gasteiger partial charge in [0.15, 0.2) is 0 Å². The molecule has 1 aromatic carbocycles. The Bertz CT molecular complexity index is 1140. The second-order valence-corrected chi connectivity index (χ2v) is 8.41. The SMILES string of the molecule is Cc1cc(F)c(C(=O)NC2CC2)cc1-n1cc(-c2cncc(NC3CCOCC3)c2)nn1. The molecule has 0 radical (unpaired) electrons. The van der Waals surface area contributed by atoms with E-state index in [0.29, 0.717) is 23.0 Å². The van der Waals surface area contributed by atoms with Gasteiger partial charge in [0.1, 0.15) is 11.5 Å². The van der Waals surface area contributed by atoms with Gasteiger partial charge in [0.05, 0.1) is 23.1 Å². The molecule has 8 nitrogen and oxygen atoms in total. The number of nitrogens with zero attached hydrogens (tertiary/aromatic N) is 4. The summed E-state index contributed by atoms with van der Waals surface area (Å²) in [6.45, 7) is 3.30. The van der Waals surface area contributed by atoms with E-state index in [0.717, 1.165) is 50.1 Å². The number of amides is 1. The largest absolute Gasteiger partial charge is 0.381 e. The monoisotopic (exact) mass is 436 g/mol. The number of ether oxygens (including phenoxy) is 1. The molecule has 2 N–H and O–H groups in total. The molecular weight excluding hydrogens is 411 g/mol. The van der Waals surface area contributed by atoms with Crippen LogP contribution in [0.5, 0.6) is 0 Å². The molecule has 1 amide bonds. The standard InChI is InChI=1S/C23H25FN6O2/c1-14-8-20(24)19(23(31)27-16-2-3-16)10-22(14)30-13-21(28-29-30)15-9-18(12-25-11-15)26-17-4-6-32-7-5-17/h8-13,16-17,26H,2-7H2,1H3,(H,27,31). The Morgan fingerprint density at radius 2 is 1.94 bits per heavy atom. The van der Waals surface area contributed by atoms with Crippen LogP contribution in [0.15, 0.2) is 36.8 Å². The van der Waals surface area contributed by atoms with Gasteiger partial charge >= 0.3 is 0 Å². The number of carbonyl (C=O) groups excluding carboxylic acids is 1. The van der Waals surface area contributed by atoms with E-state index >= 15 is 0 Å². The summed E-state index contributed by atoms with van der Waals surface area (Å²) in [5.41, 5.74) is 3.66. The van der Waals surface area contributed by atoms with E-state index in [2.05, 4.69) is 25.9 Å². The van der Waals surface area contributed by atoms with Crippen LogP contribution in [0.1, 0.15) is 41.6 Å². The van der Waals surface area contributed by atoms with Crippen molar-refractivity contribution in [2.45, 2.75) is 44.7 Å². The number of anilines is 1. The number of benzene rings is 1. The summed E-state index contributed by atoms with van der Waals surface area (Å²) in [6.07, 6.45) is 9.08. The van der Waals surface area contributed by atoms with E-state index in [-0.39, 0.29) is 11.6 Å². The van der Waals surface area contributed by atoms with Crippen LogP contribution in [0.25, 0.3) is 16.9 Å². The maximum Gasteiger partial charge on any atom is 0.254 e. The number of pyridine rings is 1. The maximum atomic E-state index is 14.4. The normalized spacial score (nSPS) is 16.7. The van der Waals surface area contributed by atoms with Gasteiger partial charge in [0.25, 0.3) is 5.91 Å². The van der Waals surface area contributed by atoms with Crippen molar-refractivity contribution in [3.05, 3.63) is 53.7 Å². The molecule has 9 heteroatoms. The molecular formula is C23H25FN6O2. The summed E-state index contributed by atoms with van der Waals surface area (Å²) in [5.74, 6) is -0.941. The van der Waals surface area contributed by atoms with Crippen LogP contribution in [-0.4, -0.2) is 51.2 Å². The molecule has 1 saturated heterocycles. The molecule has 1 saturated carbocycles. The smallest absolute Gasteiger partial charge is 0.254 e. The summed E-state index contributed by atoms with van der Waals surface area (Å²) < 4.78 is 21.4. The second-order valence-electron chi connectivity index (χ2n) is 8.41. The molecule has 0 atom stereocenters. The van der Waals surface area contributed by atoms with Gasteiger partial charge in [-0.25, -0.2) is 9.07 Å². The number of aromatic nitrogens is 4. The number of hydrogen-bond acceptors (Lipinski definition) is 6. The van der Waals surface area contributed by atoms with Gasteiger partial charge in [0, 0.05) is 43.3 Å². The first-order valence-electron chi connectivity index (χ1n) is 10.9. The third kappa shape index (κ3) is 4.47. The Kier molecular flexibility index (Phi) is 5.57. The van der Waals surface area contributed by atoms with E-state index in [1.165, 1.54) is 12.1 Å². The Hall–Kier alpha value is -3.33. The number of halogens is 1. The summed E-state index contributed by atoms with van der Waals surface area (Å²) in [7, 11) is 0. The van der Waals surface area contributed by atoms with Crippen molar-refractivity contribution in [1.29, 1.82) is 0 Å². The van der Waals surface area contributed by atoms with Crippen LogP contribution in [0.4, 0.5) is 10.1 Å². The Morgan fingerprint density at radius 1 is 1.12 bits per heavy atom. The lowest BCUT2D eigenvalue weighted by Gasteiger charge is -2.24. The predicted molar refractivity (Wildman–Crippen MR) is 117 cm³/mol. The highest BCUT2D eigenvalue weighted by Gasteiger charge is 2.26. The van der Waals surface area contributed by atoms with Crippen LogP contribution >= 0.6 is 0 Å². The molecule has 0 bridgehead atoms. The Morgan fingerprint density at radius 3 is 2.72 bits per heavy atom. The van der Waals surface area contributed by atoms with Crippen LogP contribution < -0.4 is 10.6 Å². The number of nitrogens with one attached hydrogen (secondary N) is 2. The number of rotatable bonds is 6. The van der Waals surface area contributed by atoms with E-state index < -0.39 is 11.7 Å². The molecule has 0 unspecified atom stereocenters. The lowest BCUT2D eigenvalue weighted by Crippen LogP contribution is -2.27. The molecule has 1 aliphatic carbocycles. The highest BCUT2D eigenvalue weighted by Crippen LogP contribution is 2.25. The highest BCUT2D eigenvalue weighted by atomic mass is 19.1. The zero-order valence-corrected chi connectivity index (χ0v) is 17.8. The average Bonchev–Trinajstić information content (AvgIpc) is 3.46. The van der Waals surface area contributed by atoms with Gasteiger partial charge < -0.3 is 15.4 Å². The lowest BCUT2D eigenvalue weighted by atomic mass is 10.1. The zero-order chi connectivity index (χ0) is 22.1. The first-order chi connectivity index (χ1) is 15.6. The van der Waals surface area contributed by atoms with Crippen LogP contribution in [-0.2, 0) is 4.74 Å². The molecule has 2 aromatic heterocycles. The average molecular weight is 436 g/mol. The number of carbonyl (C=O) groups is 1. The summed E-state index contributed by atoms with van der Waals surface area (Å²) >= 11 is 0. The molecule has 2 fully saturated rings. The van der Waals surface area contributed by atoms with Crippen LogP contribution in [0, 0.1) is 12.7 Å². The fraction of sp³-hybridized carbons (Fsp3) is 0.391. The van der Waals surface area contributed by atoms with Crippen molar-refractivity contribution in [2.75, 3.05) is 18.5 Å². The minimum absolute atomic E-state index is 0.0128. The van der Waals surface area contributed by atoms with Crippen molar-refractivity contribution in [3.63, 3.8) is 0 Å². The first-order valence-corrected chi connectivity index (χ1v) is 10.9. The summed E-state index contributed by atoms with van der Waals surface area (Å²) in [5, 5.41) is 14.8. The van der Waals surface area contributed by atoms with Crippen LogP contribution in [0.2, 0.25) is 0 Å². The minimum Gasteiger partial charge on any atom is -0.381 e. The Labute approximate surface area is 185 Å². The van der Waals surface area contributed by atoms with E-state index in [9.17, 15) is 9.18 Å². The van der Waals surface area contributed by atoms with Crippen molar-refractivity contribution < 1.29 is 13.9 Å². The Balaban J connectivity index is 1.39. The highest BCUT2D eigenvalue weighted by molar-refractivity contribution is 5.95. The van der Waals surface area contributed by atoms with E-state index in [1.807, 2.05) is 6.07 Å². The van der Waals surface area contributed by atoms with E-state index in [1.54, 1.807) is 30.2 Å². The molecule has 2 aliphatic rings. The fourth-order valence-electron chi connectivity index (χ4n) is 3.82. The van der Waals surface area contributed by atoms with Gasteiger partial charge in [-0.3, -0.25) is 9.78 Å². The molecule has 3 heterocycles. The minimum atomic E-state index is -0.541. The third-order valence-electron chi connectivity index (χ3n) is 5.81. The summed E-state index contributed by atoms with van der Waals surface area (Å²) in [4.78, 5) is 16.8. The van der Waals surface area contributed by atoms with Crippen molar-refractivity contribution in [3.8, 4) is 16.9 Å². The van der Waals surface area contributed by atoms with E-state index in [4.69, 9.17) is 4.74 Å². The molecule has 1 aliphatic heterocycles. The number of hydrogen-bond donors (Lipinski definition) is 2. The quantitative estimate of drug-likeness (QED) is 0.616. The van der Waals surface area contributed by atoms with Crippen molar-refractivity contribution in [1.82, 2.24) is 25.3 Å². The van der Waals surface area contributed by atoms with Crippen molar-refractivity contribution in [2.24, 2.45) is 0 Å². The van der Waals surface area contributed by atoms with Gasteiger partial charge in [0.2, 0.25) is 0 Å². The predicted octanol–water partition coefficient (Wildman–Crippen LogP) is 3.26. The van der Waals surface area contributed by atoms with Crippen LogP contribution in [0.3, 0.4) is 0 Å². The fourth-order valence-corrected chi connectivity index (χ4v) is 3.82. The van der Waals surface area contributed by atoms with Gasteiger partial charge in [-0.2, -0.15) is 0 Å². The topological polar surface area (TPSA) is 94.0 Å². The summed E-state index contributed by atoms with van der Waals surface area (Å²) in [6, 6.07) is 5.39. The van der Waals surface area contributed by atoms with Gasteiger partial charge in [-0.15, -0.1) is 5.10 Å². The first kappa shape index (κ1) is 20.6. The maximum absolute atomic E-state index is 14.4. The van der Waals surface area contributed by atoms with Gasteiger partial charge in [-0.1, -0.05) is 5.21 Å². The lowest BCUT2D eigenvalue weighted by molar-refractivity contribution is 0.0904. The molecule has 5 rings (SSSR count). The molecule has 32 heavy (non-hydrogen) atoms. The third-order valence-corrected chi connectivity index (χ3v) is 5.81. The van der Waals surface area contributed by atoms with Crippen molar-refractivity contribution >= 4 is 11.6 Å². The molecule has 0 spiro atoms. The zero-order valence-electron chi connectivity index (χ0n) is 17.8. The second kappa shape index (κ2) is 8.66. The molecule has 3 aromatic rings.